The molecular weight excluding hydrogens is 254 g/mol. The van der Waals surface area contributed by atoms with Crippen molar-refractivity contribution in [1.29, 1.82) is 0 Å². The van der Waals surface area contributed by atoms with Gasteiger partial charge in [-0.05, 0) is 60.9 Å². The molecule has 0 saturated carbocycles. The van der Waals surface area contributed by atoms with Crippen LogP contribution in [-0.2, 0) is 6.42 Å². The Hall–Kier alpha value is -1.32. The quantitative estimate of drug-likeness (QED) is 0.879. The van der Waals surface area contributed by atoms with Gasteiger partial charge < -0.3 is 10.4 Å². The second-order valence-corrected chi connectivity index (χ2v) is 6.22. The number of phenols is 1. The average Bonchev–Trinajstić information content (AvgIpc) is 2.89. The molecule has 0 bridgehead atoms. The van der Waals surface area contributed by atoms with Gasteiger partial charge in [-0.2, -0.15) is 0 Å². The van der Waals surface area contributed by atoms with Gasteiger partial charge in [-0.1, -0.05) is 12.1 Å². The molecule has 0 spiro atoms. The molecule has 1 aromatic heterocycles. The monoisotopic (exact) mass is 273 g/mol. The van der Waals surface area contributed by atoms with Crippen LogP contribution in [0.5, 0.6) is 5.75 Å². The molecule has 0 radical (unpaired) electrons. The fourth-order valence-corrected chi connectivity index (χ4v) is 3.81. The number of benzene rings is 1. The van der Waals surface area contributed by atoms with Crippen LogP contribution >= 0.6 is 11.3 Å². The van der Waals surface area contributed by atoms with Crippen LogP contribution in [0.1, 0.15) is 47.9 Å². The summed E-state index contributed by atoms with van der Waals surface area (Å²) < 4.78 is 0. The Morgan fingerprint density at radius 2 is 2.05 bits per heavy atom. The lowest BCUT2D eigenvalue weighted by atomic mass is 9.93. The van der Waals surface area contributed by atoms with Crippen LogP contribution in [0.2, 0.25) is 0 Å². The highest BCUT2D eigenvalue weighted by atomic mass is 32.1. The number of thiophene rings is 1. The number of fused-ring (bicyclic) bond motifs is 1. The van der Waals surface area contributed by atoms with Gasteiger partial charge >= 0.3 is 0 Å². The Balaban J connectivity index is 1.74. The van der Waals surface area contributed by atoms with Crippen LogP contribution in [0.3, 0.4) is 0 Å². The van der Waals surface area contributed by atoms with Crippen LogP contribution in [0, 0.1) is 0 Å². The molecule has 3 rings (SSSR count). The number of aromatic hydroxyl groups is 1. The number of hydrogen-bond acceptors (Lipinski definition) is 3. The highest BCUT2D eigenvalue weighted by Crippen LogP contribution is 2.34. The summed E-state index contributed by atoms with van der Waals surface area (Å²) in [6.07, 6.45) is 3.72. The van der Waals surface area contributed by atoms with Crippen molar-refractivity contribution in [2.45, 2.75) is 38.3 Å². The number of rotatable bonds is 3. The molecule has 0 saturated heterocycles. The second kappa shape index (κ2) is 5.35. The smallest absolute Gasteiger partial charge is 0.115 e. The first-order valence-corrected chi connectivity index (χ1v) is 7.73. The average molecular weight is 273 g/mol. The summed E-state index contributed by atoms with van der Waals surface area (Å²) in [5.41, 5.74) is 2.71. The third kappa shape index (κ3) is 2.67. The Kier molecular flexibility index (Phi) is 3.58. The molecule has 2 nitrogen and oxygen atoms in total. The Bertz CT molecular complexity index is 546. The maximum absolute atomic E-state index is 9.34. The molecule has 100 valence electrons. The second-order valence-electron chi connectivity index (χ2n) is 5.22. The molecule has 2 unspecified atom stereocenters. The lowest BCUT2D eigenvalue weighted by Crippen LogP contribution is -2.27. The first-order valence-electron chi connectivity index (χ1n) is 6.85. The summed E-state index contributed by atoms with van der Waals surface area (Å²) >= 11 is 1.88. The van der Waals surface area contributed by atoms with E-state index in [-0.39, 0.29) is 0 Å². The predicted octanol–water partition coefficient (Wildman–Crippen LogP) is 4.18. The summed E-state index contributed by atoms with van der Waals surface area (Å²) in [6, 6.07) is 10.5. The first-order chi connectivity index (χ1) is 9.24. The molecular formula is C16H19NOS. The van der Waals surface area contributed by atoms with Gasteiger partial charge in [0.1, 0.15) is 5.75 Å². The van der Waals surface area contributed by atoms with Crippen LogP contribution < -0.4 is 5.32 Å². The predicted molar refractivity (Wildman–Crippen MR) is 79.7 cm³/mol. The van der Waals surface area contributed by atoms with Crippen molar-refractivity contribution in [1.82, 2.24) is 5.32 Å². The molecule has 3 heteroatoms. The van der Waals surface area contributed by atoms with E-state index in [9.17, 15) is 5.11 Å². The zero-order valence-electron chi connectivity index (χ0n) is 11.1. The van der Waals surface area contributed by atoms with E-state index in [1.165, 1.54) is 30.4 Å². The van der Waals surface area contributed by atoms with E-state index in [0.717, 1.165) is 0 Å². The zero-order valence-corrected chi connectivity index (χ0v) is 11.9. The minimum Gasteiger partial charge on any atom is -0.508 e. The lowest BCUT2D eigenvalue weighted by molar-refractivity contribution is 0.417. The highest BCUT2D eigenvalue weighted by Gasteiger charge is 2.22. The molecule has 1 aliphatic carbocycles. The van der Waals surface area contributed by atoms with Crippen molar-refractivity contribution in [3.63, 3.8) is 0 Å². The van der Waals surface area contributed by atoms with Gasteiger partial charge in [-0.15, -0.1) is 11.3 Å². The summed E-state index contributed by atoms with van der Waals surface area (Å²) in [4.78, 5) is 1.54. The van der Waals surface area contributed by atoms with Crippen LogP contribution in [0.4, 0.5) is 0 Å². The third-order valence-electron chi connectivity index (χ3n) is 3.90. The molecule has 0 fully saturated rings. The van der Waals surface area contributed by atoms with Crippen molar-refractivity contribution in [3.8, 4) is 5.75 Å². The molecule has 1 aromatic carbocycles. The van der Waals surface area contributed by atoms with E-state index in [1.807, 2.05) is 23.5 Å². The van der Waals surface area contributed by atoms with Crippen LogP contribution in [0.25, 0.3) is 0 Å². The van der Waals surface area contributed by atoms with Gasteiger partial charge in [0.25, 0.3) is 0 Å². The largest absolute Gasteiger partial charge is 0.508 e. The number of aryl methyl sites for hydroxylation is 1. The minimum atomic E-state index is 0.302. The van der Waals surface area contributed by atoms with Crippen molar-refractivity contribution >= 4 is 11.3 Å². The summed E-state index contributed by atoms with van der Waals surface area (Å²) in [6.45, 7) is 2.19. The Labute approximate surface area is 118 Å². The maximum Gasteiger partial charge on any atom is 0.115 e. The number of hydrogen-bond donors (Lipinski definition) is 2. The summed E-state index contributed by atoms with van der Waals surface area (Å²) in [5, 5.41) is 15.3. The summed E-state index contributed by atoms with van der Waals surface area (Å²) in [7, 11) is 0. The molecule has 1 aliphatic rings. The minimum absolute atomic E-state index is 0.302. The van der Waals surface area contributed by atoms with Crippen molar-refractivity contribution in [3.05, 3.63) is 51.7 Å². The van der Waals surface area contributed by atoms with Crippen molar-refractivity contribution < 1.29 is 5.11 Å². The fraction of sp³-hybridized carbons (Fsp3) is 0.375. The van der Waals surface area contributed by atoms with Crippen LogP contribution in [-0.4, -0.2) is 5.11 Å². The topological polar surface area (TPSA) is 32.3 Å². The number of phenolic OH excluding ortho intramolecular Hbond substituents is 1. The van der Waals surface area contributed by atoms with Crippen LogP contribution in [0.15, 0.2) is 35.7 Å². The Morgan fingerprint density at radius 3 is 2.84 bits per heavy atom. The van der Waals surface area contributed by atoms with Crippen molar-refractivity contribution in [2.75, 3.05) is 0 Å². The van der Waals surface area contributed by atoms with E-state index >= 15 is 0 Å². The Morgan fingerprint density at radius 1 is 1.26 bits per heavy atom. The van der Waals surface area contributed by atoms with E-state index in [2.05, 4.69) is 23.7 Å². The molecule has 2 aromatic rings. The third-order valence-corrected chi connectivity index (χ3v) is 4.89. The molecule has 1 heterocycles. The SMILES string of the molecule is CC(NC1CCCc2sccc21)c1ccc(O)cc1. The highest BCUT2D eigenvalue weighted by molar-refractivity contribution is 7.10. The molecule has 19 heavy (non-hydrogen) atoms. The first kappa shape index (κ1) is 12.7. The van der Waals surface area contributed by atoms with Gasteiger partial charge in [0.15, 0.2) is 0 Å². The molecule has 0 amide bonds. The van der Waals surface area contributed by atoms with Gasteiger partial charge in [-0.3, -0.25) is 0 Å². The van der Waals surface area contributed by atoms with E-state index in [0.29, 0.717) is 17.8 Å². The fourth-order valence-electron chi connectivity index (χ4n) is 2.82. The van der Waals surface area contributed by atoms with Gasteiger partial charge in [-0.25, -0.2) is 0 Å². The normalized spacial score (nSPS) is 19.9. The lowest BCUT2D eigenvalue weighted by Gasteiger charge is -2.27. The van der Waals surface area contributed by atoms with Gasteiger partial charge in [0.05, 0.1) is 0 Å². The molecule has 0 aliphatic heterocycles. The van der Waals surface area contributed by atoms with E-state index in [1.54, 1.807) is 17.0 Å². The van der Waals surface area contributed by atoms with Crippen molar-refractivity contribution in [2.24, 2.45) is 0 Å². The van der Waals surface area contributed by atoms with E-state index in [4.69, 9.17) is 0 Å². The van der Waals surface area contributed by atoms with Gasteiger partial charge in [0.2, 0.25) is 0 Å². The molecule has 2 atom stereocenters. The summed E-state index contributed by atoms with van der Waals surface area (Å²) in [5.74, 6) is 0.328. The maximum atomic E-state index is 9.34. The molecule has 2 N–H and O–H groups in total. The van der Waals surface area contributed by atoms with E-state index < -0.39 is 0 Å². The number of nitrogens with one attached hydrogen (secondary N) is 1. The van der Waals surface area contributed by atoms with Gasteiger partial charge in [0, 0.05) is 17.0 Å². The standard InChI is InChI=1S/C16H19NOS/c1-11(12-5-7-13(18)8-6-12)17-15-3-2-4-16-14(15)9-10-19-16/h5-11,15,17-18H,2-4H2,1H3. The zero-order chi connectivity index (χ0) is 13.2.